The number of benzene rings is 1. The minimum absolute atomic E-state index is 0.00730. The van der Waals surface area contributed by atoms with Crippen LogP contribution in [-0.2, 0) is 0 Å². The maximum Gasteiger partial charge on any atom is 0.261 e. The second-order valence-electron chi connectivity index (χ2n) is 7.63. The van der Waals surface area contributed by atoms with Crippen molar-refractivity contribution in [3.8, 4) is 17.1 Å². The van der Waals surface area contributed by atoms with Crippen molar-refractivity contribution in [3.63, 3.8) is 0 Å². The van der Waals surface area contributed by atoms with Gasteiger partial charge in [-0.2, -0.15) is 0 Å². The van der Waals surface area contributed by atoms with Gasteiger partial charge < -0.3 is 24.8 Å². The predicted octanol–water partition coefficient (Wildman–Crippen LogP) is 2.76. The molecule has 1 aromatic carbocycles. The number of hydrogen-bond donors (Lipinski definition) is 1. The average molecular weight is 384 g/mol. The van der Waals surface area contributed by atoms with Gasteiger partial charge in [-0.25, -0.2) is 0 Å². The highest BCUT2D eigenvalue weighted by molar-refractivity contribution is 6.04. The first-order chi connectivity index (χ1) is 13.7. The van der Waals surface area contributed by atoms with E-state index >= 15 is 0 Å². The molecule has 0 aliphatic carbocycles. The zero-order valence-corrected chi connectivity index (χ0v) is 16.4. The fourth-order valence-corrected chi connectivity index (χ4v) is 4.16. The molecule has 1 unspecified atom stereocenters. The van der Waals surface area contributed by atoms with Crippen LogP contribution in [0, 0.1) is 5.92 Å². The SMILES string of the molecule is COc1ccc(-c2onc(N3CCCC3)c2C(=O)N2CCCC(CN)C2)cc1. The van der Waals surface area contributed by atoms with Gasteiger partial charge in [0.25, 0.3) is 5.91 Å². The first-order valence-corrected chi connectivity index (χ1v) is 10.1. The number of amides is 1. The third kappa shape index (κ3) is 3.58. The van der Waals surface area contributed by atoms with Crippen LogP contribution in [0.4, 0.5) is 5.82 Å². The Morgan fingerprint density at radius 3 is 2.64 bits per heavy atom. The molecule has 2 aromatic rings. The lowest BCUT2D eigenvalue weighted by Gasteiger charge is -2.32. The maximum absolute atomic E-state index is 13.6. The number of hydrogen-bond acceptors (Lipinski definition) is 6. The molecule has 1 atom stereocenters. The van der Waals surface area contributed by atoms with Crippen LogP contribution in [0.15, 0.2) is 28.8 Å². The summed E-state index contributed by atoms with van der Waals surface area (Å²) in [6.45, 7) is 3.86. The summed E-state index contributed by atoms with van der Waals surface area (Å²) in [7, 11) is 1.63. The van der Waals surface area contributed by atoms with Gasteiger partial charge in [-0.1, -0.05) is 5.16 Å². The summed E-state index contributed by atoms with van der Waals surface area (Å²) in [5.74, 6) is 2.31. The van der Waals surface area contributed by atoms with E-state index in [1.807, 2.05) is 29.2 Å². The van der Waals surface area contributed by atoms with Gasteiger partial charge in [-0.3, -0.25) is 4.79 Å². The highest BCUT2D eigenvalue weighted by Gasteiger charge is 2.33. The summed E-state index contributed by atoms with van der Waals surface area (Å²) in [6.07, 6.45) is 4.28. The molecule has 0 bridgehead atoms. The molecule has 2 aliphatic rings. The van der Waals surface area contributed by atoms with E-state index in [-0.39, 0.29) is 5.91 Å². The lowest BCUT2D eigenvalue weighted by atomic mass is 9.97. The number of piperidine rings is 1. The molecule has 7 nitrogen and oxygen atoms in total. The summed E-state index contributed by atoms with van der Waals surface area (Å²) in [5, 5.41) is 4.32. The van der Waals surface area contributed by atoms with Gasteiger partial charge in [0.2, 0.25) is 0 Å². The zero-order chi connectivity index (χ0) is 19.5. The Bertz CT molecular complexity index is 812. The topological polar surface area (TPSA) is 84.8 Å². The summed E-state index contributed by atoms with van der Waals surface area (Å²) < 4.78 is 11.0. The third-order valence-corrected chi connectivity index (χ3v) is 5.79. The average Bonchev–Trinajstić information content (AvgIpc) is 3.43. The van der Waals surface area contributed by atoms with E-state index in [4.69, 9.17) is 15.0 Å². The largest absolute Gasteiger partial charge is 0.497 e. The van der Waals surface area contributed by atoms with E-state index in [0.717, 1.165) is 56.6 Å². The molecule has 1 amide bonds. The van der Waals surface area contributed by atoms with E-state index in [2.05, 4.69) is 10.1 Å². The molecule has 2 fully saturated rings. The molecule has 2 saturated heterocycles. The Kier molecular flexibility index (Phi) is 5.52. The molecule has 0 spiro atoms. The number of carbonyl (C=O) groups is 1. The van der Waals surface area contributed by atoms with Crippen LogP contribution in [0.2, 0.25) is 0 Å². The van der Waals surface area contributed by atoms with Crippen LogP contribution < -0.4 is 15.4 Å². The number of aromatic nitrogens is 1. The standard InChI is InChI=1S/C21H28N4O3/c1-27-17-8-6-16(7-9-17)19-18(20(23-28-19)24-10-2-3-11-24)21(26)25-12-4-5-15(13-22)14-25/h6-9,15H,2-5,10-14,22H2,1H3. The fraction of sp³-hybridized carbons (Fsp3) is 0.524. The van der Waals surface area contributed by atoms with E-state index in [1.54, 1.807) is 7.11 Å². The summed E-state index contributed by atoms with van der Waals surface area (Å²) in [4.78, 5) is 17.6. The minimum atomic E-state index is -0.00730. The smallest absolute Gasteiger partial charge is 0.261 e. The van der Waals surface area contributed by atoms with Crippen molar-refractivity contribution in [1.82, 2.24) is 10.1 Å². The van der Waals surface area contributed by atoms with Gasteiger partial charge in [0.15, 0.2) is 11.6 Å². The second kappa shape index (κ2) is 8.22. The Labute approximate surface area is 165 Å². The molecule has 3 heterocycles. The number of carbonyl (C=O) groups excluding carboxylic acids is 1. The zero-order valence-electron chi connectivity index (χ0n) is 16.4. The van der Waals surface area contributed by atoms with E-state index in [9.17, 15) is 4.79 Å². The van der Waals surface area contributed by atoms with Crippen LogP contribution in [0.25, 0.3) is 11.3 Å². The molecule has 1 aromatic heterocycles. The first-order valence-electron chi connectivity index (χ1n) is 10.1. The summed E-state index contributed by atoms with van der Waals surface area (Å²) in [5.41, 5.74) is 7.28. The van der Waals surface area contributed by atoms with Crippen molar-refractivity contribution in [1.29, 1.82) is 0 Å². The van der Waals surface area contributed by atoms with Gasteiger partial charge >= 0.3 is 0 Å². The van der Waals surface area contributed by atoms with Crippen molar-refractivity contribution in [2.24, 2.45) is 11.7 Å². The number of methoxy groups -OCH3 is 1. The number of likely N-dealkylation sites (tertiary alicyclic amines) is 1. The molecular weight excluding hydrogens is 356 g/mol. The molecular formula is C21H28N4O3. The number of nitrogens with two attached hydrogens (primary N) is 1. The molecule has 2 N–H and O–H groups in total. The van der Waals surface area contributed by atoms with Crippen LogP contribution in [0.5, 0.6) is 5.75 Å². The first kappa shape index (κ1) is 18.8. The Morgan fingerprint density at radius 2 is 1.96 bits per heavy atom. The normalized spacial score (nSPS) is 19.9. The van der Waals surface area contributed by atoms with Crippen molar-refractivity contribution in [2.45, 2.75) is 25.7 Å². The Hall–Kier alpha value is -2.54. The molecule has 0 saturated carbocycles. The number of ether oxygens (including phenoxy) is 1. The Morgan fingerprint density at radius 1 is 1.21 bits per heavy atom. The molecule has 0 radical (unpaired) electrons. The van der Waals surface area contributed by atoms with Crippen LogP contribution >= 0.6 is 0 Å². The molecule has 2 aliphatic heterocycles. The van der Waals surface area contributed by atoms with Crippen molar-refractivity contribution in [2.75, 3.05) is 44.7 Å². The molecule has 28 heavy (non-hydrogen) atoms. The maximum atomic E-state index is 13.6. The highest BCUT2D eigenvalue weighted by Crippen LogP contribution is 2.35. The van der Waals surface area contributed by atoms with Crippen molar-refractivity contribution < 1.29 is 14.1 Å². The molecule has 4 rings (SSSR count). The van der Waals surface area contributed by atoms with Crippen LogP contribution in [0.3, 0.4) is 0 Å². The minimum Gasteiger partial charge on any atom is -0.497 e. The fourth-order valence-electron chi connectivity index (χ4n) is 4.16. The van der Waals surface area contributed by atoms with Gasteiger partial charge in [0.1, 0.15) is 11.3 Å². The van der Waals surface area contributed by atoms with Gasteiger partial charge in [0.05, 0.1) is 7.11 Å². The predicted molar refractivity (Wildman–Crippen MR) is 108 cm³/mol. The van der Waals surface area contributed by atoms with Crippen molar-refractivity contribution in [3.05, 3.63) is 29.8 Å². The summed E-state index contributed by atoms with van der Waals surface area (Å²) >= 11 is 0. The van der Waals surface area contributed by atoms with Gasteiger partial charge in [-0.15, -0.1) is 0 Å². The van der Waals surface area contributed by atoms with Crippen LogP contribution in [0.1, 0.15) is 36.0 Å². The monoisotopic (exact) mass is 384 g/mol. The van der Waals surface area contributed by atoms with E-state index in [0.29, 0.717) is 36.1 Å². The van der Waals surface area contributed by atoms with Crippen molar-refractivity contribution >= 4 is 11.7 Å². The second-order valence-corrected chi connectivity index (χ2v) is 7.63. The highest BCUT2D eigenvalue weighted by atomic mass is 16.5. The Balaban J connectivity index is 1.71. The summed E-state index contributed by atoms with van der Waals surface area (Å²) in [6, 6.07) is 7.55. The number of nitrogens with zero attached hydrogens (tertiary/aromatic N) is 3. The quantitative estimate of drug-likeness (QED) is 0.853. The van der Waals surface area contributed by atoms with Gasteiger partial charge in [-0.05, 0) is 62.4 Å². The lowest BCUT2D eigenvalue weighted by Crippen LogP contribution is -2.42. The lowest BCUT2D eigenvalue weighted by molar-refractivity contribution is 0.0679. The molecule has 7 heteroatoms. The number of rotatable bonds is 5. The third-order valence-electron chi connectivity index (χ3n) is 5.79. The van der Waals surface area contributed by atoms with Crippen LogP contribution in [-0.4, -0.2) is 55.8 Å². The van der Waals surface area contributed by atoms with E-state index < -0.39 is 0 Å². The van der Waals surface area contributed by atoms with E-state index in [1.165, 1.54) is 0 Å². The number of anilines is 1. The van der Waals surface area contributed by atoms with Gasteiger partial charge in [0, 0.05) is 31.7 Å². The molecule has 150 valence electrons.